The largest absolute Gasteiger partial charge is 0.462 e. The molecule has 1 unspecified atom stereocenters. The van der Waals surface area contributed by atoms with Gasteiger partial charge in [-0.25, -0.2) is 0 Å². The van der Waals surface area contributed by atoms with Crippen LogP contribution in [0.25, 0.3) is 0 Å². The molecule has 0 aliphatic rings. The smallest absolute Gasteiger partial charge is 0.306 e. The van der Waals surface area contributed by atoms with Crippen LogP contribution in [0.1, 0.15) is 201 Å². The number of hydrogen-bond acceptors (Lipinski definition) is 5. The van der Waals surface area contributed by atoms with E-state index in [4.69, 9.17) is 14.2 Å². The van der Waals surface area contributed by atoms with Gasteiger partial charge in [0, 0.05) is 19.4 Å². The number of rotatable bonds is 37. The lowest BCUT2D eigenvalue weighted by atomic mass is 10.1. The summed E-state index contributed by atoms with van der Waals surface area (Å²) in [7, 11) is 0. The van der Waals surface area contributed by atoms with Crippen LogP contribution in [-0.4, -0.2) is 37.9 Å². The monoisotopic (exact) mass is 675 g/mol. The van der Waals surface area contributed by atoms with E-state index in [0.29, 0.717) is 19.4 Å². The number of allylic oxidation sites excluding steroid dienone is 6. The predicted molar refractivity (Wildman–Crippen MR) is 205 cm³/mol. The van der Waals surface area contributed by atoms with Crippen LogP contribution in [0.3, 0.4) is 0 Å². The fraction of sp³-hybridized carbons (Fsp3) is 0.814. The molecule has 0 aliphatic carbocycles. The first-order valence-corrected chi connectivity index (χ1v) is 20.5. The lowest BCUT2D eigenvalue weighted by Crippen LogP contribution is -2.30. The van der Waals surface area contributed by atoms with Crippen molar-refractivity contribution in [2.75, 3.05) is 19.8 Å². The first-order chi connectivity index (χ1) is 23.6. The van der Waals surface area contributed by atoms with Crippen molar-refractivity contribution in [1.29, 1.82) is 0 Å². The summed E-state index contributed by atoms with van der Waals surface area (Å²) in [5, 5.41) is 0. The first kappa shape index (κ1) is 46.1. The molecule has 48 heavy (non-hydrogen) atoms. The molecule has 0 saturated carbocycles. The minimum Gasteiger partial charge on any atom is -0.462 e. The zero-order valence-electron chi connectivity index (χ0n) is 32.0. The van der Waals surface area contributed by atoms with E-state index in [1.807, 2.05) is 0 Å². The SMILES string of the molecule is CCCCC/C=C\C/C=C\C/C=C\CCCCCCCCC(=O)OCC(COCCCCCCCCCC)OC(=O)CCCCCCC. The van der Waals surface area contributed by atoms with E-state index in [2.05, 4.69) is 57.2 Å². The molecule has 0 rings (SSSR count). The fourth-order valence-corrected chi connectivity index (χ4v) is 5.57. The number of ether oxygens (including phenoxy) is 3. The van der Waals surface area contributed by atoms with Gasteiger partial charge in [-0.1, -0.05) is 166 Å². The van der Waals surface area contributed by atoms with E-state index in [9.17, 15) is 9.59 Å². The van der Waals surface area contributed by atoms with Crippen molar-refractivity contribution >= 4 is 11.9 Å². The van der Waals surface area contributed by atoms with Gasteiger partial charge in [0.15, 0.2) is 6.10 Å². The number of carbonyl (C=O) groups excluding carboxylic acids is 2. The maximum Gasteiger partial charge on any atom is 0.306 e. The highest BCUT2D eigenvalue weighted by molar-refractivity contribution is 5.70. The Labute approximate surface area is 298 Å². The van der Waals surface area contributed by atoms with Crippen LogP contribution in [-0.2, 0) is 23.8 Å². The molecule has 0 bridgehead atoms. The van der Waals surface area contributed by atoms with Crippen molar-refractivity contribution in [2.24, 2.45) is 0 Å². The van der Waals surface area contributed by atoms with Gasteiger partial charge in [0.2, 0.25) is 0 Å². The summed E-state index contributed by atoms with van der Waals surface area (Å²) in [5.41, 5.74) is 0. The summed E-state index contributed by atoms with van der Waals surface area (Å²) in [6.45, 7) is 7.70. The quantitative estimate of drug-likeness (QED) is 0.0373. The molecule has 5 heteroatoms. The molecule has 0 heterocycles. The van der Waals surface area contributed by atoms with E-state index < -0.39 is 6.10 Å². The Bertz CT molecular complexity index is 771. The summed E-state index contributed by atoms with van der Waals surface area (Å²) >= 11 is 0. The lowest BCUT2D eigenvalue weighted by molar-refractivity contribution is -0.163. The Morgan fingerprint density at radius 3 is 1.44 bits per heavy atom. The van der Waals surface area contributed by atoms with Crippen molar-refractivity contribution in [3.8, 4) is 0 Å². The summed E-state index contributed by atoms with van der Waals surface area (Å²) in [4.78, 5) is 24.9. The Morgan fingerprint density at radius 2 is 0.875 bits per heavy atom. The van der Waals surface area contributed by atoms with Crippen LogP contribution in [0, 0.1) is 0 Å². The molecule has 0 spiro atoms. The molecule has 280 valence electrons. The van der Waals surface area contributed by atoms with Gasteiger partial charge in [0.25, 0.3) is 0 Å². The van der Waals surface area contributed by atoms with E-state index in [0.717, 1.165) is 70.6 Å². The van der Waals surface area contributed by atoms with Gasteiger partial charge in [0.1, 0.15) is 6.61 Å². The highest BCUT2D eigenvalue weighted by atomic mass is 16.6. The lowest BCUT2D eigenvalue weighted by Gasteiger charge is -2.18. The Morgan fingerprint density at radius 1 is 0.458 bits per heavy atom. The molecule has 0 aromatic carbocycles. The van der Waals surface area contributed by atoms with E-state index in [1.165, 1.54) is 96.3 Å². The second kappa shape index (κ2) is 39.6. The summed E-state index contributed by atoms with van der Waals surface area (Å²) in [6, 6.07) is 0. The van der Waals surface area contributed by atoms with Crippen LogP contribution in [0.5, 0.6) is 0 Å². The standard InChI is InChI=1S/C43H78O5/c1-4-7-10-13-15-17-18-19-20-21-22-23-24-25-26-27-28-31-33-36-42(44)47-40-41(48-43(45)37-34-30-12-9-6-3)39-46-38-35-32-29-16-14-11-8-5-2/h15,17,19-20,22-23,41H,4-14,16,18,21,24-40H2,1-3H3/b17-15-,20-19-,23-22-. The van der Waals surface area contributed by atoms with Gasteiger partial charge in [-0.05, 0) is 57.8 Å². The van der Waals surface area contributed by atoms with Gasteiger partial charge in [-0.15, -0.1) is 0 Å². The van der Waals surface area contributed by atoms with Gasteiger partial charge >= 0.3 is 11.9 Å². The highest BCUT2D eigenvalue weighted by Gasteiger charge is 2.17. The van der Waals surface area contributed by atoms with Gasteiger partial charge in [-0.2, -0.15) is 0 Å². The Balaban J connectivity index is 4.03. The molecule has 0 saturated heterocycles. The zero-order chi connectivity index (χ0) is 35.0. The number of unbranched alkanes of at least 4 members (excludes halogenated alkanes) is 20. The van der Waals surface area contributed by atoms with Crippen molar-refractivity contribution in [3.63, 3.8) is 0 Å². The molecule has 0 aromatic rings. The molecule has 0 N–H and O–H groups in total. The molecule has 1 atom stereocenters. The maximum absolute atomic E-state index is 12.4. The number of esters is 2. The number of carbonyl (C=O) groups is 2. The summed E-state index contributed by atoms with van der Waals surface area (Å²) in [5.74, 6) is -0.423. The number of hydrogen-bond donors (Lipinski definition) is 0. The molecule has 0 fully saturated rings. The third-order valence-corrected chi connectivity index (χ3v) is 8.68. The molecule has 0 aromatic heterocycles. The molecule has 0 amide bonds. The average Bonchev–Trinajstić information content (AvgIpc) is 3.08. The molecule has 0 radical (unpaired) electrons. The Kier molecular flexibility index (Phi) is 38.0. The third-order valence-electron chi connectivity index (χ3n) is 8.68. The first-order valence-electron chi connectivity index (χ1n) is 20.5. The second-order valence-electron chi connectivity index (χ2n) is 13.6. The average molecular weight is 675 g/mol. The maximum atomic E-state index is 12.4. The van der Waals surface area contributed by atoms with Crippen LogP contribution in [0.2, 0.25) is 0 Å². The zero-order valence-corrected chi connectivity index (χ0v) is 32.0. The van der Waals surface area contributed by atoms with Crippen molar-refractivity contribution in [1.82, 2.24) is 0 Å². The third kappa shape index (κ3) is 36.9. The summed E-state index contributed by atoms with van der Waals surface area (Å²) in [6.07, 6.45) is 44.5. The molecular weight excluding hydrogens is 596 g/mol. The normalized spacial score (nSPS) is 12.5. The fourth-order valence-electron chi connectivity index (χ4n) is 5.57. The van der Waals surface area contributed by atoms with Gasteiger partial charge < -0.3 is 14.2 Å². The van der Waals surface area contributed by atoms with Gasteiger partial charge in [-0.3, -0.25) is 9.59 Å². The minimum absolute atomic E-state index is 0.0807. The molecule has 0 aliphatic heterocycles. The van der Waals surface area contributed by atoms with Crippen LogP contribution < -0.4 is 0 Å². The van der Waals surface area contributed by atoms with E-state index in [-0.39, 0.29) is 25.2 Å². The molecule has 5 nitrogen and oxygen atoms in total. The summed E-state index contributed by atoms with van der Waals surface area (Å²) < 4.78 is 17.1. The van der Waals surface area contributed by atoms with E-state index in [1.54, 1.807) is 0 Å². The van der Waals surface area contributed by atoms with Gasteiger partial charge in [0.05, 0.1) is 6.61 Å². The molecular formula is C43H78O5. The second-order valence-corrected chi connectivity index (χ2v) is 13.6. The van der Waals surface area contributed by atoms with Crippen molar-refractivity contribution < 1.29 is 23.8 Å². The topological polar surface area (TPSA) is 61.8 Å². The highest BCUT2D eigenvalue weighted by Crippen LogP contribution is 2.12. The predicted octanol–water partition coefficient (Wildman–Crippen LogP) is 13.1. The minimum atomic E-state index is -0.529. The van der Waals surface area contributed by atoms with Crippen LogP contribution in [0.15, 0.2) is 36.5 Å². The Hall–Kier alpha value is -1.88. The van der Waals surface area contributed by atoms with Crippen LogP contribution in [0.4, 0.5) is 0 Å². The van der Waals surface area contributed by atoms with Crippen LogP contribution >= 0.6 is 0 Å². The van der Waals surface area contributed by atoms with Crippen molar-refractivity contribution in [2.45, 2.75) is 207 Å². The van der Waals surface area contributed by atoms with Crippen molar-refractivity contribution in [3.05, 3.63) is 36.5 Å². The van der Waals surface area contributed by atoms with E-state index >= 15 is 0 Å².